The Morgan fingerprint density at radius 3 is 3.15 bits per heavy atom. The first-order valence-electron chi connectivity index (χ1n) is 9.58. The van der Waals surface area contributed by atoms with Crippen LogP contribution in [0.2, 0.25) is 0 Å². The van der Waals surface area contributed by atoms with E-state index in [0.29, 0.717) is 12.1 Å². The summed E-state index contributed by atoms with van der Waals surface area (Å²) in [5.41, 5.74) is 1.34. The predicted octanol–water partition coefficient (Wildman–Crippen LogP) is 1.01. The Bertz CT molecular complexity index is 1120. The topological polar surface area (TPSA) is 68.9 Å². The first-order chi connectivity index (χ1) is 13.3. The van der Waals surface area contributed by atoms with Gasteiger partial charge in [-0.2, -0.15) is 0 Å². The van der Waals surface area contributed by atoms with E-state index < -0.39 is 0 Å². The van der Waals surface area contributed by atoms with Crippen LogP contribution < -0.4 is 9.31 Å². The van der Waals surface area contributed by atoms with E-state index in [9.17, 15) is 0 Å². The summed E-state index contributed by atoms with van der Waals surface area (Å²) in [6, 6.07) is 2.67. The van der Waals surface area contributed by atoms with Crippen molar-refractivity contribution in [2.24, 2.45) is 0 Å². The van der Waals surface area contributed by atoms with E-state index in [0.717, 1.165) is 56.0 Å². The van der Waals surface area contributed by atoms with Crippen molar-refractivity contribution < 1.29 is 13.8 Å². The van der Waals surface area contributed by atoms with E-state index in [4.69, 9.17) is 4.52 Å². The summed E-state index contributed by atoms with van der Waals surface area (Å²) in [5.74, 6) is 3.14. The number of imidazole rings is 1. The normalized spacial score (nSPS) is 21.9. The lowest BCUT2D eigenvalue weighted by Gasteiger charge is -2.17. The van der Waals surface area contributed by atoms with Crippen LogP contribution in [0, 0.1) is 0 Å². The van der Waals surface area contributed by atoms with Crippen LogP contribution in [0.4, 0.5) is 0 Å². The molecule has 2 aliphatic rings. The number of rotatable bonds is 2. The minimum absolute atomic E-state index is 0.329. The molecule has 4 aromatic rings. The van der Waals surface area contributed by atoms with Crippen molar-refractivity contribution in [3.05, 3.63) is 60.5 Å². The summed E-state index contributed by atoms with van der Waals surface area (Å²) >= 11 is 0. The van der Waals surface area contributed by atoms with Crippen LogP contribution in [-0.4, -0.2) is 24.1 Å². The van der Waals surface area contributed by atoms with Gasteiger partial charge >= 0.3 is 5.78 Å². The lowest BCUT2D eigenvalue weighted by atomic mass is 9.94. The molecule has 27 heavy (non-hydrogen) atoms. The average Bonchev–Trinajstić information content (AvgIpc) is 3.43. The minimum atomic E-state index is 0.329. The second-order valence-corrected chi connectivity index (χ2v) is 7.54. The van der Waals surface area contributed by atoms with Gasteiger partial charge in [-0.1, -0.05) is 4.98 Å². The van der Waals surface area contributed by atoms with Crippen molar-refractivity contribution in [1.29, 1.82) is 0 Å². The van der Waals surface area contributed by atoms with Gasteiger partial charge in [0.25, 0.3) is 0 Å². The smallest absolute Gasteiger partial charge is 0.317 e. The van der Waals surface area contributed by atoms with E-state index in [2.05, 4.69) is 52.0 Å². The molecule has 0 spiro atoms. The second-order valence-electron chi connectivity index (χ2n) is 7.54. The lowest BCUT2D eigenvalue weighted by Crippen LogP contribution is -2.42. The molecule has 8 nitrogen and oxygen atoms in total. The summed E-state index contributed by atoms with van der Waals surface area (Å²) in [5, 5.41) is 8.26. The molecule has 1 aliphatic carbocycles. The van der Waals surface area contributed by atoms with Crippen LogP contribution in [-0.2, 0) is 25.8 Å². The monoisotopic (exact) mass is 363 g/mol. The Balaban J connectivity index is 1.28. The minimum Gasteiger partial charge on any atom is -0.317 e. The fourth-order valence-corrected chi connectivity index (χ4v) is 4.49. The molecular formula is C19H21N7O+2. The molecule has 136 valence electrons. The lowest BCUT2D eigenvalue weighted by molar-refractivity contribution is -0.884. The molecule has 0 bridgehead atoms. The Kier molecular flexibility index (Phi) is 3.20. The molecule has 5 heterocycles. The van der Waals surface area contributed by atoms with Gasteiger partial charge in [-0.15, -0.1) is 10.2 Å². The van der Waals surface area contributed by atoms with Gasteiger partial charge in [0, 0.05) is 25.5 Å². The summed E-state index contributed by atoms with van der Waals surface area (Å²) in [6.45, 7) is 0.951. The van der Waals surface area contributed by atoms with Gasteiger partial charge in [-0.25, -0.2) is 13.5 Å². The Hall–Kier alpha value is -3.03. The fourth-order valence-electron chi connectivity index (χ4n) is 4.49. The van der Waals surface area contributed by atoms with Gasteiger partial charge in [0.15, 0.2) is 5.76 Å². The summed E-state index contributed by atoms with van der Waals surface area (Å²) in [6.07, 6.45) is 17.1. The van der Waals surface area contributed by atoms with Gasteiger partial charge in [0.1, 0.15) is 24.5 Å². The highest BCUT2D eigenvalue weighted by atomic mass is 16.5. The van der Waals surface area contributed by atoms with Crippen molar-refractivity contribution in [2.75, 3.05) is 0 Å². The van der Waals surface area contributed by atoms with Gasteiger partial charge < -0.3 is 4.57 Å². The molecule has 4 aromatic heterocycles. The third-order valence-electron chi connectivity index (χ3n) is 5.97. The van der Waals surface area contributed by atoms with Crippen molar-refractivity contribution in [3.8, 4) is 0 Å². The Morgan fingerprint density at radius 2 is 2.15 bits per heavy atom. The number of fused-ring (bicyclic) bond motifs is 3. The third kappa shape index (κ3) is 2.39. The molecule has 0 fully saturated rings. The van der Waals surface area contributed by atoms with Crippen LogP contribution in [0.25, 0.3) is 5.78 Å². The molecular weight excluding hydrogens is 342 g/mol. The first-order valence-corrected chi connectivity index (χ1v) is 9.58. The van der Waals surface area contributed by atoms with E-state index >= 15 is 0 Å². The zero-order chi connectivity index (χ0) is 17.8. The van der Waals surface area contributed by atoms with Gasteiger partial charge in [-0.3, -0.25) is 0 Å². The molecule has 0 saturated carbocycles. The highest BCUT2D eigenvalue weighted by Crippen LogP contribution is 2.27. The van der Waals surface area contributed by atoms with Crippen molar-refractivity contribution in [2.45, 2.75) is 50.7 Å². The molecule has 1 aliphatic heterocycles. The SMILES string of the molecule is c1cnc2n(c1)cc[n+]2C1CCc2c[n+](C3CCn4cnnc4C3)oc2C1. The standard InChI is InChI=1S/C19H21N7O/c1-5-20-19-23(6-1)8-9-25(19)15-3-2-14-12-26(27-17(14)10-15)16-4-7-24-13-21-22-18(24)11-16/h1,5-6,8-9,12-13,15-16H,2-4,7,10-11H2/q+2. The molecule has 0 radical (unpaired) electrons. The maximum absolute atomic E-state index is 6.30. The zero-order valence-corrected chi connectivity index (χ0v) is 15.0. The van der Waals surface area contributed by atoms with E-state index in [1.54, 1.807) is 0 Å². The molecule has 6 rings (SSSR count). The number of aromatic nitrogens is 7. The number of aryl methyl sites for hydroxylation is 2. The highest BCUT2D eigenvalue weighted by molar-refractivity contribution is 5.20. The van der Waals surface area contributed by atoms with Crippen LogP contribution in [0.1, 0.15) is 42.1 Å². The Morgan fingerprint density at radius 1 is 1.15 bits per heavy atom. The zero-order valence-electron chi connectivity index (χ0n) is 15.0. The van der Waals surface area contributed by atoms with Crippen molar-refractivity contribution >= 4 is 5.78 Å². The average molecular weight is 363 g/mol. The molecule has 0 amide bonds. The molecule has 0 aromatic carbocycles. The van der Waals surface area contributed by atoms with Gasteiger partial charge in [0.2, 0.25) is 12.2 Å². The largest absolute Gasteiger partial charge is 0.403 e. The molecule has 2 atom stereocenters. The summed E-state index contributed by atoms with van der Waals surface area (Å²) in [7, 11) is 0. The van der Waals surface area contributed by atoms with Gasteiger partial charge in [-0.05, 0) is 17.6 Å². The summed E-state index contributed by atoms with van der Waals surface area (Å²) < 4.78 is 14.8. The number of hydrogen-bond donors (Lipinski definition) is 0. The number of hydrogen-bond acceptors (Lipinski definition) is 4. The van der Waals surface area contributed by atoms with Crippen molar-refractivity contribution in [3.63, 3.8) is 0 Å². The van der Waals surface area contributed by atoms with Gasteiger partial charge in [0.05, 0.1) is 30.4 Å². The van der Waals surface area contributed by atoms with Crippen molar-refractivity contribution in [1.82, 2.24) is 24.1 Å². The van der Waals surface area contributed by atoms with Crippen LogP contribution in [0.5, 0.6) is 0 Å². The Labute approximate surface area is 155 Å². The second kappa shape index (κ2) is 5.73. The molecule has 8 heteroatoms. The first kappa shape index (κ1) is 15.1. The highest BCUT2D eigenvalue weighted by Gasteiger charge is 2.35. The predicted molar refractivity (Wildman–Crippen MR) is 92.7 cm³/mol. The maximum Gasteiger partial charge on any atom is 0.403 e. The fraction of sp³-hybridized carbons (Fsp3) is 0.421. The maximum atomic E-state index is 6.30. The molecule has 0 N–H and O–H groups in total. The number of nitrogens with zero attached hydrogens (tertiary/aromatic N) is 7. The van der Waals surface area contributed by atoms with E-state index in [1.807, 2.05) is 24.8 Å². The van der Waals surface area contributed by atoms with Crippen LogP contribution in [0.15, 0.2) is 47.9 Å². The van der Waals surface area contributed by atoms with E-state index in [1.165, 1.54) is 5.56 Å². The molecule has 2 unspecified atom stereocenters. The van der Waals surface area contributed by atoms with Crippen LogP contribution in [0.3, 0.4) is 0 Å². The van der Waals surface area contributed by atoms with E-state index in [-0.39, 0.29) is 0 Å². The quantitative estimate of drug-likeness (QED) is 0.499. The van der Waals surface area contributed by atoms with Crippen LogP contribution >= 0.6 is 0 Å². The summed E-state index contributed by atoms with van der Waals surface area (Å²) in [4.78, 5) is 4.54. The molecule has 0 saturated heterocycles. The third-order valence-corrected chi connectivity index (χ3v) is 5.97.